The molecule has 10 nitrogen and oxygen atoms in total. The molecule has 2 aliphatic rings. The van der Waals surface area contributed by atoms with Crippen LogP contribution in [0.15, 0.2) is 58.3 Å². The van der Waals surface area contributed by atoms with Crippen LogP contribution in [0.4, 0.5) is 0 Å². The van der Waals surface area contributed by atoms with Gasteiger partial charge in [-0.15, -0.1) is 0 Å². The first-order valence-corrected chi connectivity index (χ1v) is 12.2. The standard InChI is InChI=1S/C22H22N2O8S/c1-33(27,28)31-11-15-4-2-3-14-6-5-13(9-16(14)15)10-29-19-17-12-30-20(19)21(32-17)24-8-7-18(25)23-22(24)26/h2-9,17,19-21H,10-12H2,1H3,(H,23,25,26)/t17-,19+,20-,21+/m0/s1. The van der Waals surface area contributed by atoms with Gasteiger partial charge in [-0.3, -0.25) is 18.5 Å². The number of hydrogen-bond acceptors (Lipinski definition) is 8. The van der Waals surface area contributed by atoms with Crippen LogP contribution in [0.25, 0.3) is 10.8 Å². The number of aromatic nitrogens is 2. The molecule has 5 rings (SSSR count). The molecule has 2 fully saturated rings. The van der Waals surface area contributed by atoms with Crippen LogP contribution in [0.1, 0.15) is 17.4 Å². The van der Waals surface area contributed by atoms with E-state index < -0.39 is 33.7 Å². The lowest BCUT2D eigenvalue weighted by Gasteiger charge is -2.23. The third-order valence-corrected chi connectivity index (χ3v) is 6.32. The number of ether oxygens (including phenoxy) is 3. The Kier molecular flexibility index (Phi) is 5.67. The summed E-state index contributed by atoms with van der Waals surface area (Å²) in [6, 6.07) is 12.7. The summed E-state index contributed by atoms with van der Waals surface area (Å²) in [6.45, 7) is 0.577. The van der Waals surface area contributed by atoms with Gasteiger partial charge in [0.1, 0.15) is 18.3 Å². The summed E-state index contributed by atoms with van der Waals surface area (Å²) in [6.07, 6.45) is 0.515. The highest BCUT2D eigenvalue weighted by atomic mass is 32.2. The summed E-state index contributed by atoms with van der Waals surface area (Å²) in [7, 11) is -3.56. The molecule has 4 atom stereocenters. The molecule has 0 saturated carbocycles. The van der Waals surface area contributed by atoms with Crippen molar-refractivity contribution in [3.05, 3.63) is 80.6 Å². The van der Waals surface area contributed by atoms with Crippen molar-refractivity contribution in [2.45, 2.75) is 37.8 Å². The molecular formula is C22H22N2O8S. The van der Waals surface area contributed by atoms with Crippen LogP contribution < -0.4 is 11.2 Å². The average Bonchev–Trinajstić information content (AvgIpc) is 3.32. The molecule has 1 aromatic heterocycles. The van der Waals surface area contributed by atoms with Gasteiger partial charge in [-0.2, -0.15) is 8.42 Å². The number of rotatable bonds is 7. The van der Waals surface area contributed by atoms with Gasteiger partial charge in [-0.05, 0) is 28.0 Å². The van der Waals surface area contributed by atoms with Crippen molar-refractivity contribution in [2.24, 2.45) is 0 Å². The minimum absolute atomic E-state index is 0.0511. The molecule has 0 radical (unpaired) electrons. The summed E-state index contributed by atoms with van der Waals surface area (Å²) >= 11 is 0. The van der Waals surface area contributed by atoms with Crippen LogP contribution in [0.5, 0.6) is 0 Å². The van der Waals surface area contributed by atoms with Crippen molar-refractivity contribution in [3.8, 4) is 0 Å². The van der Waals surface area contributed by atoms with Crippen molar-refractivity contribution < 1.29 is 26.8 Å². The Labute approximate surface area is 188 Å². The van der Waals surface area contributed by atoms with E-state index in [2.05, 4.69) is 4.98 Å². The first-order valence-electron chi connectivity index (χ1n) is 10.3. The molecule has 11 heteroatoms. The molecule has 174 valence electrons. The number of hydrogen-bond donors (Lipinski definition) is 1. The second kappa shape index (κ2) is 8.50. The Morgan fingerprint density at radius 1 is 1.15 bits per heavy atom. The van der Waals surface area contributed by atoms with Gasteiger partial charge < -0.3 is 14.2 Å². The molecule has 1 N–H and O–H groups in total. The fourth-order valence-electron chi connectivity index (χ4n) is 4.24. The Balaban J connectivity index is 1.32. The minimum Gasteiger partial charge on any atom is -0.368 e. The molecule has 2 bridgehead atoms. The van der Waals surface area contributed by atoms with E-state index in [1.165, 1.54) is 16.8 Å². The molecule has 2 saturated heterocycles. The minimum atomic E-state index is -3.56. The maximum Gasteiger partial charge on any atom is 0.330 e. The van der Waals surface area contributed by atoms with Gasteiger partial charge in [-0.25, -0.2) is 4.79 Å². The Hall–Kier alpha value is -2.83. The van der Waals surface area contributed by atoms with Gasteiger partial charge in [0, 0.05) is 12.3 Å². The van der Waals surface area contributed by atoms with Gasteiger partial charge in [0.25, 0.3) is 15.7 Å². The molecule has 0 aliphatic carbocycles. The van der Waals surface area contributed by atoms with Gasteiger partial charge in [0.2, 0.25) is 0 Å². The van der Waals surface area contributed by atoms with Crippen molar-refractivity contribution in [1.82, 2.24) is 9.55 Å². The zero-order chi connectivity index (χ0) is 23.2. The number of aromatic amines is 1. The van der Waals surface area contributed by atoms with Crippen LogP contribution in [-0.2, 0) is 41.7 Å². The monoisotopic (exact) mass is 474 g/mol. The quantitative estimate of drug-likeness (QED) is 0.504. The molecule has 3 aromatic rings. The predicted molar refractivity (Wildman–Crippen MR) is 117 cm³/mol. The van der Waals surface area contributed by atoms with Gasteiger partial charge >= 0.3 is 5.69 Å². The lowest BCUT2D eigenvalue weighted by atomic mass is 10.0. The van der Waals surface area contributed by atoms with E-state index in [0.29, 0.717) is 6.61 Å². The van der Waals surface area contributed by atoms with Crippen LogP contribution >= 0.6 is 0 Å². The van der Waals surface area contributed by atoms with E-state index in [0.717, 1.165) is 28.2 Å². The zero-order valence-corrected chi connectivity index (χ0v) is 18.5. The number of nitrogens with zero attached hydrogens (tertiary/aromatic N) is 1. The van der Waals surface area contributed by atoms with E-state index >= 15 is 0 Å². The van der Waals surface area contributed by atoms with Crippen molar-refractivity contribution in [1.29, 1.82) is 0 Å². The highest BCUT2D eigenvalue weighted by molar-refractivity contribution is 7.85. The maximum atomic E-state index is 12.1. The normalized spacial score (nSPS) is 24.5. The first kappa shape index (κ1) is 22.0. The summed E-state index contributed by atoms with van der Waals surface area (Å²) in [5.41, 5.74) is 0.592. The fraction of sp³-hybridized carbons (Fsp3) is 0.364. The third-order valence-electron chi connectivity index (χ3n) is 5.77. The fourth-order valence-corrected chi connectivity index (χ4v) is 4.58. The van der Waals surface area contributed by atoms with E-state index in [9.17, 15) is 18.0 Å². The summed E-state index contributed by atoms with van der Waals surface area (Å²) in [5.74, 6) is 0. The number of benzene rings is 2. The Morgan fingerprint density at radius 3 is 2.79 bits per heavy atom. The predicted octanol–water partition coefficient (Wildman–Crippen LogP) is 1.05. The van der Waals surface area contributed by atoms with E-state index in [1.807, 2.05) is 36.4 Å². The molecule has 2 aromatic carbocycles. The van der Waals surface area contributed by atoms with E-state index in [4.69, 9.17) is 18.4 Å². The number of fused-ring (bicyclic) bond motifs is 3. The lowest BCUT2D eigenvalue weighted by molar-refractivity contribution is -0.128. The van der Waals surface area contributed by atoms with Crippen molar-refractivity contribution in [2.75, 3.05) is 12.9 Å². The molecule has 2 aliphatic heterocycles. The summed E-state index contributed by atoms with van der Waals surface area (Å²) < 4.78 is 46.9. The van der Waals surface area contributed by atoms with Gasteiger partial charge in [0.05, 0.1) is 26.1 Å². The first-order chi connectivity index (χ1) is 15.8. The number of nitrogens with one attached hydrogen (secondary N) is 1. The van der Waals surface area contributed by atoms with Crippen LogP contribution in [0.2, 0.25) is 0 Å². The van der Waals surface area contributed by atoms with Crippen LogP contribution in [-0.4, -0.2) is 49.1 Å². The zero-order valence-electron chi connectivity index (χ0n) is 17.7. The number of H-pyrrole nitrogens is 1. The van der Waals surface area contributed by atoms with Crippen molar-refractivity contribution >= 4 is 20.9 Å². The Morgan fingerprint density at radius 2 is 2.00 bits per heavy atom. The Bertz CT molecular complexity index is 1410. The van der Waals surface area contributed by atoms with E-state index in [-0.39, 0.29) is 25.4 Å². The smallest absolute Gasteiger partial charge is 0.330 e. The maximum absolute atomic E-state index is 12.1. The second-order valence-corrected chi connectivity index (χ2v) is 9.74. The van der Waals surface area contributed by atoms with Crippen LogP contribution in [0, 0.1) is 0 Å². The van der Waals surface area contributed by atoms with Gasteiger partial charge in [-0.1, -0.05) is 30.3 Å². The van der Waals surface area contributed by atoms with Gasteiger partial charge in [0.15, 0.2) is 6.23 Å². The molecule has 0 spiro atoms. The highest BCUT2D eigenvalue weighted by Gasteiger charge is 2.52. The average molecular weight is 474 g/mol. The topological polar surface area (TPSA) is 126 Å². The van der Waals surface area contributed by atoms with Crippen LogP contribution in [0.3, 0.4) is 0 Å². The molecule has 33 heavy (non-hydrogen) atoms. The lowest BCUT2D eigenvalue weighted by Crippen LogP contribution is -2.38. The molecule has 0 unspecified atom stereocenters. The summed E-state index contributed by atoms with van der Waals surface area (Å²) in [5, 5.41) is 1.83. The summed E-state index contributed by atoms with van der Waals surface area (Å²) in [4.78, 5) is 25.7. The second-order valence-electron chi connectivity index (χ2n) is 8.10. The highest BCUT2D eigenvalue weighted by Crippen LogP contribution is 2.39. The van der Waals surface area contributed by atoms with E-state index in [1.54, 1.807) is 0 Å². The SMILES string of the molecule is CS(=O)(=O)OCc1cccc2ccc(CO[C@H]3[C@@H]4OC[C@@H]3O[C@H]4n3ccc(=O)[nH]c3=O)cc12. The largest absolute Gasteiger partial charge is 0.368 e. The molecular weight excluding hydrogens is 452 g/mol. The third kappa shape index (κ3) is 4.50. The molecule has 0 amide bonds. The molecule has 3 heterocycles. The van der Waals surface area contributed by atoms with Crippen molar-refractivity contribution in [3.63, 3.8) is 0 Å².